The van der Waals surface area contributed by atoms with Crippen molar-refractivity contribution in [1.82, 2.24) is 14.8 Å². The van der Waals surface area contributed by atoms with Crippen LogP contribution in [0.15, 0.2) is 11.0 Å². The first kappa shape index (κ1) is 14.1. The van der Waals surface area contributed by atoms with Gasteiger partial charge in [0.05, 0.1) is 18.7 Å². The molecule has 1 aromatic rings. The van der Waals surface area contributed by atoms with Crippen LogP contribution in [-0.2, 0) is 4.74 Å². The average molecular weight is 295 g/mol. The van der Waals surface area contributed by atoms with E-state index in [1.54, 1.807) is 0 Å². The summed E-state index contributed by atoms with van der Waals surface area (Å²) in [5.74, 6) is -0.473. The van der Waals surface area contributed by atoms with E-state index in [2.05, 4.69) is 10.1 Å². The van der Waals surface area contributed by atoms with Crippen LogP contribution in [0.5, 0.6) is 0 Å². The predicted molar refractivity (Wildman–Crippen MR) is 62.3 cm³/mol. The average Bonchev–Trinajstić information content (AvgIpc) is 2.64. The molecular formula is C9H12ClFN4O4. The molecular weight excluding hydrogens is 283 g/mol. The number of nitrogen functional groups attached to an aromatic ring is 1. The van der Waals surface area contributed by atoms with Crippen molar-refractivity contribution >= 4 is 17.4 Å². The monoisotopic (exact) mass is 294 g/mol. The number of nitrogens with two attached hydrogens (primary N) is 1. The SMILES string of the molecule is Nc1cnn([C@@H]2O[C@@](CO)(CCl)[C@@H](O)[C@H]2F)c(=O)n1. The minimum absolute atomic E-state index is 0.124. The lowest BCUT2D eigenvalue weighted by atomic mass is 9.99. The van der Waals surface area contributed by atoms with Gasteiger partial charge in [-0.1, -0.05) is 0 Å². The van der Waals surface area contributed by atoms with E-state index in [0.717, 1.165) is 6.20 Å². The highest BCUT2D eigenvalue weighted by Crippen LogP contribution is 2.38. The second kappa shape index (κ2) is 5.00. The lowest BCUT2D eigenvalue weighted by molar-refractivity contribution is -0.118. The highest BCUT2D eigenvalue weighted by Gasteiger charge is 2.56. The summed E-state index contributed by atoms with van der Waals surface area (Å²) >= 11 is 5.59. The van der Waals surface area contributed by atoms with Crippen molar-refractivity contribution in [1.29, 1.82) is 0 Å². The molecule has 0 spiro atoms. The molecule has 1 aliphatic heterocycles. The van der Waals surface area contributed by atoms with Crippen molar-refractivity contribution in [3.8, 4) is 0 Å². The third kappa shape index (κ3) is 2.18. The topological polar surface area (TPSA) is 123 Å². The molecule has 19 heavy (non-hydrogen) atoms. The number of hydrogen-bond acceptors (Lipinski definition) is 7. The maximum absolute atomic E-state index is 14.0. The molecule has 0 unspecified atom stereocenters. The van der Waals surface area contributed by atoms with Gasteiger partial charge in [-0.25, -0.2) is 9.18 Å². The van der Waals surface area contributed by atoms with Crippen LogP contribution in [0.2, 0.25) is 0 Å². The molecule has 1 aliphatic rings. The molecule has 0 saturated carbocycles. The van der Waals surface area contributed by atoms with Gasteiger partial charge in [-0.05, 0) is 0 Å². The Kier molecular flexibility index (Phi) is 3.72. The molecule has 4 N–H and O–H groups in total. The molecule has 0 aliphatic carbocycles. The summed E-state index contributed by atoms with van der Waals surface area (Å²) in [6, 6.07) is 0. The number of anilines is 1. The molecule has 1 aromatic heterocycles. The Labute approximate surface area is 111 Å². The Balaban J connectivity index is 2.39. The van der Waals surface area contributed by atoms with Crippen LogP contribution in [0.1, 0.15) is 6.23 Å². The van der Waals surface area contributed by atoms with E-state index in [1.807, 2.05) is 0 Å². The lowest BCUT2D eigenvalue weighted by Crippen LogP contribution is -2.47. The van der Waals surface area contributed by atoms with Gasteiger partial charge in [0.15, 0.2) is 12.4 Å². The van der Waals surface area contributed by atoms with Crippen LogP contribution in [-0.4, -0.2) is 55.3 Å². The second-order valence-corrected chi connectivity index (χ2v) is 4.43. The van der Waals surface area contributed by atoms with Crippen molar-refractivity contribution in [3.05, 3.63) is 16.7 Å². The molecule has 2 heterocycles. The normalized spacial score (nSPS) is 34.6. The summed E-state index contributed by atoms with van der Waals surface area (Å²) in [6.45, 7) is -0.703. The number of aliphatic hydroxyl groups excluding tert-OH is 2. The molecule has 10 heteroatoms. The van der Waals surface area contributed by atoms with Crippen molar-refractivity contribution < 1.29 is 19.3 Å². The van der Waals surface area contributed by atoms with E-state index in [9.17, 15) is 19.4 Å². The molecule has 4 atom stereocenters. The largest absolute Gasteiger partial charge is 0.393 e. The van der Waals surface area contributed by atoms with Gasteiger partial charge in [-0.15, -0.1) is 11.6 Å². The van der Waals surface area contributed by atoms with Crippen molar-refractivity contribution in [2.75, 3.05) is 18.2 Å². The van der Waals surface area contributed by atoms with E-state index >= 15 is 0 Å². The molecule has 0 aromatic carbocycles. The Morgan fingerprint density at radius 1 is 1.68 bits per heavy atom. The number of aliphatic hydroxyl groups is 2. The molecule has 0 radical (unpaired) electrons. The van der Waals surface area contributed by atoms with E-state index < -0.39 is 36.4 Å². The molecule has 1 saturated heterocycles. The maximum Gasteiger partial charge on any atom is 0.368 e. The van der Waals surface area contributed by atoms with Gasteiger partial charge in [-0.2, -0.15) is 14.8 Å². The van der Waals surface area contributed by atoms with Crippen molar-refractivity contribution in [3.63, 3.8) is 0 Å². The minimum atomic E-state index is -1.98. The Morgan fingerprint density at radius 3 is 2.84 bits per heavy atom. The zero-order chi connectivity index (χ0) is 14.2. The molecule has 106 valence electrons. The summed E-state index contributed by atoms with van der Waals surface area (Å²) < 4.78 is 19.8. The molecule has 8 nitrogen and oxygen atoms in total. The third-order valence-electron chi connectivity index (χ3n) is 2.94. The number of ether oxygens (including phenoxy) is 1. The Bertz CT molecular complexity index is 523. The van der Waals surface area contributed by atoms with Gasteiger partial charge >= 0.3 is 5.69 Å². The number of halogens is 2. The first-order chi connectivity index (χ1) is 8.95. The van der Waals surface area contributed by atoms with Gasteiger partial charge in [0, 0.05) is 0 Å². The number of nitrogens with zero attached hydrogens (tertiary/aromatic N) is 3. The number of aromatic nitrogens is 3. The van der Waals surface area contributed by atoms with Gasteiger partial charge in [0.25, 0.3) is 0 Å². The summed E-state index contributed by atoms with van der Waals surface area (Å²) in [5.41, 5.74) is 2.65. The van der Waals surface area contributed by atoms with Crippen molar-refractivity contribution in [2.24, 2.45) is 0 Å². The first-order valence-corrected chi connectivity index (χ1v) is 5.87. The number of hydrogen-bond donors (Lipinski definition) is 3. The fourth-order valence-electron chi connectivity index (χ4n) is 1.83. The van der Waals surface area contributed by atoms with Crippen LogP contribution in [0.4, 0.5) is 10.2 Å². The lowest BCUT2D eigenvalue weighted by Gasteiger charge is -2.26. The van der Waals surface area contributed by atoms with Gasteiger partial charge in [0.1, 0.15) is 17.5 Å². The van der Waals surface area contributed by atoms with Crippen LogP contribution >= 0.6 is 11.6 Å². The van der Waals surface area contributed by atoms with E-state index in [4.69, 9.17) is 22.1 Å². The highest BCUT2D eigenvalue weighted by molar-refractivity contribution is 6.18. The van der Waals surface area contributed by atoms with Crippen LogP contribution in [0.3, 0.4) is 0 Å². The number of rotatable bonds is 3. The fraction of sp³-hybridized carbons (Fsp3) is 0.667. The molecule has 0 amide bonds. The summed E-state index contributed by atoms with van der Waals surface area (Å²) in [5, 5.41) is 22.6. The fourth-order valence-corrected chi connectivity index (χ4v) is 2.13. The smallest absolute Gasteiger partial charge is 0.368 e. The van der Waals surface area contributed by atoms with Gasteiger partial charge in [0.2, 0.25) is 0 Å². The maximum atomic E-state index is 14.0. The van der Waals surface area contributed by atoms with Crippen molar-refractivity contribution in [2.45, 2.75) is 24.1 Å². The van der Waals surface area contributed by atoms with Crippen LogP contribution < -0.4 is 11.4 Å². The molecule has 1 fully saturated rings. The summed E-state index contributed by atoms with van der Waals surface area (Å²) in [4.78, 5) is 14.9. The Morgan fingerprint density at radius 2 is 2.37 bits per heavy atom. The van der Waals surface area contributed by atoms with Crippen LogP contribution in [0.25, 0.3) is 0 Å². The first-order valence-electron chi connectivity index (χ1n) is 5.33. The Hall–Kier alpha value is -1.29. The van der Waals surface area contributed by atoms with Gasteiger partial charge in [-0.3, -0.25) is 0 Å². The van der Waals surface area contributed by atoms with E-state index in [1.165, 1.54) is 0 Å². The second-order valence-electron chi connectivity index (χ2n) is 4.16. The molecule has 2 rings (SSSR count). The third-order valence-corrected chi connectivity index (χ3v) is 3.39. The zero-order valence-electron chi connectivity index (χ0n) is 9.61. The van der Waals surface area contributed by atoms with E-state index in [-0.39, 0.29) is 11.7 Å². The predicted octanol–water partition coefficient (Wildman–Crippen LogP) is -1.58. The summed E-state index contributed by atoms with van der Waals surface area (Å²) in [7, 11) is 0. The number of alkyl halides is 2. The van der Waals surface area contributed by atoms with Crippen LogP contribution in [0, 0.1) is 0 Å². The van der Waals surface area contributed by atoms with Gasteiger partial charge < -0.3 is 20.7 Å². The summed E-state index contributed by atoms with van der Waals surface area (Å²) in [6.07, 6.45) is -4.15. The highest BCUT2D eigenvalue weighted by atomic mass is 35.5. The van der Waals surface area contributed by atoms with E-state index in [0.29, 0.717) is 4.68 Å². The quantitative estimate of drug-likeness (QED) is 0.575. The zero-order valence-corrected chi connectivity index (χ0v) is 10.4. The molecule has 0 bridgehead atoms. The standard InChI is InChI=1S/C9H12ClFN4O4/c10-2-9(3-16)6(17)5(11)7(19-9)15-8(18)14-4(12)1-13-15/h1,5-7,16-17H,2-3H2,(H2,12,14,18)/t5-,6+,7-,9-/m1/s1. The minimum Gasteiger partial charge on any atom is -0.393 e.